The normalized spacial score (nSPS) is 32.9. The van der Waals surface area contributed by atoms with Gasteiger partial charge in [0, 0.05) is 19.0 Å². The zero-order valence-corrected chi connectivity index (χ0v) is 9.02. The first-order valence-corrected chi connectivity index (χ1v) is 5.91. The summed E-state index contributed by atoms with van der Waals surface area (Å²) >= 11 is 0. The number of rotatable bonds is 2. The van der Waals surface area contributed by atoms with Crippen molar-refractivity contribution in [2.75, 3.05) is 13.1 Å². The van der Waals surface area contributed by atoms with Crippen molar-refractivity contribution in [3.63, 3.8) is 0 Å². The standard InChI is InChI=1S/C11H19FN2O/c12-11(6-7-13-8-11)10(15)14-9-4-2-1-3-5-9/h9,13H,1-8H2,(H,14,15). The molecule has 3 nitrogen and oxygen atoms in total. The van der Waals surface area contributed by atoms with Gasteiger partial charge in [0.05, 0.1) is 0 Å². The largest absolute Gasteiger partial charge is 0.351 e. The summed E-state index contributed by atoms with van der Waals surface area (Å²) in [5.74, 6) is -0.403. The second kappa shape index (κ2) is 4.47. The van der Waals surface area contributed by atoms with Crippen LogP contribution in [-0.4, -0.2) is 30.7 Å². The van der Waals surface area contributed by atoms with Crippen molar-refractivity contribution in [1.29, 1.82) is 0 Å². The molecular formula is C11H19FN2O. The average molecular weight is 214 g/mol. The molecule has 2 N–H and O–H groups in total. The average Bonchev–Trinajstić information content (AvgIpc) is 2.68. The molecule has 0 aromatic heterocycles. The predicted molar refractivity (Wildman–Crippen MR) is 56.3 cm³/mol. The molecule has 1 saturated heterocycles. The maximum absolute atomic E-state index is 14.0. The minimum Gasteiger partial charge on any atom is -0.351 e. The molecule has 1 unspecified atom stereocenters. The van der Waals surface area contributed by atoms with Gasteiger partial charge in [-0.05, 0) is 19.4 Å². The number of halogens is 1. The van der Waals surface area contributed by atoms with Crippen LogP contribution in [0.4, 0.5) is 4.39 Å². The summed E-state index contributed by atoms with van der Waals surface area (Å²) < 4.78 is 14.0. The fraction of sp³-hybridized carbons (Fsp3) is 0.909. The van der Waals surface area contributed by atoms with Crippen LogP contribution < -0.4 is 10.6 Å². The van der Waals surface area contributed by atoms with E-state index >= 15 is 0 Å². The second-order valence-electron chi connectivity index (χ2n) is 4.70. The van der Waals surface area contributed by atoms with Crippen LogP contribution in [0.5, 0.6) is 0 Å². The fourth-order valence-electron chi connectivity index (χ4n) is 2.42. The summed E-state index contributed by atoms with van der Waals surface area (Å²) in [5.41, 5.74) is -1.66. The lowest BCUT2D eigenvalue weighted by atomic mass is 9.94. The Morgan fingerprint density at radius 3 is 2.67 bits per heavy atom. The molecule has 4 heteroatoms. The van der Waals surface area contributed by atoms with Gasteiger partial charge >= 0.3 is 0 Å². The van der Waals surface area contributed by atoms with E-state index in [0.717, 1.165) is 25.7 Å². The van der Waals surface area contributed by atoms with Crippen LogP contribution >= 0.6 is 0 Å². The summed E-state index contributed by atoms with van der Waals surface area (Å²) in [4.78, 5) is 11.7. The Morgan fingerprint density at radius 2 is 2.07 bits per heavy atom. The maximum Gasteiger partial charge on any atom is 0.259 e. The Morgan fingerprint density at radius 1 is 1.33 bits per heavy atom. The molecule has 2 fully saturated rings. The molecule has 2 rings (SSSR count). The van der Waals surface area contributed by atoms with Gasteiger partial charge in [-0.2, -0.15) is 0 Å². The molecule has 1 aliphatic carbocycles. The molecule has 0 bridgehead atoms. The topological polar surface area (TPSA) is 41.1 Å². The minimum absolute atomic E-state index is 0.172. The zero-order valence-electron chi connectivity index (χ0n) is 9.02. The van der Waals surface area contributed by atoms with Crippen molar-refractivity contribution in [2.45, 2.75) is 50.2 Å². The number of carbonyl (C=O) groups is 1. The van der Waals surface area contributed by atoms with E-state index in [1.165, 1.54) is 6.42 Å². The van der Waals surface area contributed by atoms with Crippen LogP contribution in [-0.2, 0) is 4.79 Å². The van der Waals surface area contributed by atoms with E-state index in [0.29, 0.717) is 13.0 Å². The summed E-state index contributed by atoms with van der Waals surface area (Å²) in [5, 5.41) is 5.74. The van der Waals surface area contributed by atoms with Gasteiger partial charge in [0.2, 0.25) is 5.67 Å². The van der Waals surface area contributed by atoms with Gasteiger partial charge in [-0.25, -0.2) is 4.39 Å². The smallest absolute Gasteiger partial charge is 0.259 e. The molecule has 2 aliphatic rings. The molecule has 1 aliphatic heterocycles. The first-order chi connectivity index (χ1) is 7.21. The maximum atomic E-state index is 14.0. The highest BCUT2D eigenvalue weighted by atomic mass is 19.1. The molecule has 1 atom stereocenters. The van der Waals surface area contributed by atoms with E-state index in [2.05, 4.69) is 10.6 Å². The number of nitrogens with one attached hydrogen (secondary N) is 2. The van der Waals surface area contributed by atoms with Crippen LogP contribution in [0.2, 0.25) is 0 Å². The van der Waals surface area contributed by atoms with Crippen molar-refractivity contribution in [1.82, 2.24) is 10.6 Å². The Kier molecular flexibility index (Phi) is 3.24. The van der Waals surface area contributed by atoms with Gasteiger partial charge in [0.25, 0.3) is 5.91 Å². The Bertz CT molecular complexity index is 233. The van der Waals surface area contributed by atoms with Crippen molar-refractivity contribution in [3.05, 3.63) is 0 Å². The van der Waals surface area contributed by atoms with Gasteiger partial charge < -0.3 is 10.6 Å². The highest BCUT2D eigenvalue weighted by Gasteiger charge is 2.42. The lowest BCUT2D eigenvalue weighted by Gasteiger charge is -2.26. The molecule has 0 spiro atoms. The van der Waals surface area contributed by atoms with Crippen molar-refractivity contribution >= 4 is 5.91 Å². The zero-order chi connectivity index (χ0) is 10.7. The van der Waals surface area contributed by atoms with E-state index in [1.807, 2.05) is 0 Å². The lowest BCUT2D eigenvalue weighted by Crippen LogP contribution is -2.49. The number of carbonyl (C=O) groups excluding carboxylic acids is 1. The number of hydrogen-bond acceptors (Lipinski definition) is 2. The quantitative estimate of drug-likeness (QED) is 0.723. The molecule has 1 amide bonds. The minimum atomic E-state index is -1.66. The molecule has 1 heterocycles. The van der Waals surface area contributed by atoms with Crippen LogP contribution in [0, 0.1) is 0 Å². The molecule has 86 valence electrons. The number of alkyl halides is 1. The van der Waals surface area contributed by atoms with Gasteiger partial charge in [-0.3, -0.25) is 4.79 Å². The predicted octanol–water partition coefficient (Wildman–Crippen LogP) is 1.14. The molecule has 0 radical (unpaired) electrons. The van der Waals surface area contributed by atoms with Crippen LogP contribution in [0.25, 0.3) is 0 Å². The fourth-order valence-corrected chi connectivity index (χ4v) is 2.42. The third kappa shape index (κ3) is 2.48. The summed E-state index contributed by atoms with van der Waals surface area (Å²) in [6.07, 6.45) is 5.88. The highest BCUT2D eigenvalue weighted by molar-refractivity contribution is 5.86. The lowest BCUT2D eigenvalue weighted by molar-refractivity contribution is -0.132. The van der Waals surface area contributed by atoms with Crippen molar-refractivity contribution < 1.29 is 9.18 Å². The van der Waals surface area contributed by atoms with Crippen LogP contribution in [0.15, 0.2) is 0 Å². The Balaban J connectivity index is 1.85. The number of amides is 1. The number of hydrogen-bond donors (Lipinski definition) is 2. The van der Waals surface area contributed by atoms with Crippen LogP contribution in [0.1, 0.15) is 38.5 Å². The van der Waals surface area contributed by atoms with Gasteiger partial charge in [0.15, 0.2) is 0 Å². The first kappa shape index (κ1) is 10.9. The summed E-state index contributed by atoms with van der Waals surface area (Å²) in [7, 11) is 0. The molecular weight excluding hydrogens is 195 g/mol. The van der Waals surface area contributed by atoms with E-state index < -0.39 is 11.6 Å². The van der Waals surface area contributed by atoms with E-state index in [-0.39, 0.29) is 12.6 Å². The van der Waals surface area contributed by atoms with E-state index in [4.69, 9.17) is 0 Å². The van der Waals surface area contributed by atoms with Gasteiger partial charge in [0.1, 0.15) is 0 Å². The first-order valence-electron chi connectivity index (χ1n) is 5.91. The second-order valence-corrected chi connectivity index (χ2v) is 4.70. The summed E-state index contributed by atoms with van der Waals surface area (Å²) in [6, 6.07) is 0.208. The van der Waals surface area contributed by atoms with Gasteiger partial charge in [-0.15, -0.1) is 0 Å². The van der Waals surface area contributed by atoms with Crippen molar-refractivity contribution in [2.24, 2.45) is 0 Å². The monoisotopic (exact) mass is 214 g/mol. The molecule has 0 aromatic carbocycles. The third-order valence-electron chi connectivity index (χ3n) is 3.45. The van der Waals surface area contributed by atoms with E-state index in [9.17, 15) is 9.18 Å². The molecule has 1 saturated carbocycles. The molecule has 15 heavy (non-hydrogen) atoms. The van der Waals surface area contributed by atoms with Crippen molar-refractivity contribution in [3.8, 4) is 0 Å². The molecule has 0 aromatic rings. The Labute approximate surface area is 89.8 Å². The third-order valence-corrected chi connectivity index (χ3v) is 3.45. The summed E-state index contributed by atoms with van der Waals surface area (Å²) in [6.45, 7) is 0.778. The highest BCUT2D eigenvalue weighted by Crippen LogP contribution is 2.22. The van der Waals surface area contributed by atoms with Gasteiger partial charge in [-0.1, -0.05) is 19.3 Å². The SMILES string of the molecule is O=C(NC1CCCCC1)C1(F)CCNC1. The van der Waals surface area contributed by atoms with E-state index in [1.54, 1.807) is 0 Å². The van der Waals surface area contributed by atoms with Crippen LogP contribution in [0.3, 0.4) is 0 Å². The Hall–Kier alpha value is -0.640.